The van der Waals surface area contributed by atoms with E-state index in [0.29, 0.717) is 6.54 Å². The zero-order valence-corrected chi connectivity index (χ0v) is 13.9. The van der Waals surface area contributed by atoms with Crippen molar-refractivity contribution in [3.8, 4) is 0 Å². The molecule has 1 aliphatic rings. The lowest BCUT2D eigenvalue weighted by Gasteiger charge is -2.39. The van der Waals surface area contributed by atoms with Crippen LogP contribution in [-0.4, -0.2) is 31.4 Å². The van der Waals surface area contributed by atoms with Crippen LogP contribution in [0.15, 0.2) is 24.3 Å². The van der Waals surface area contributed by atoms with Gasteiger partial charge in [-0.05, 0) is 30.9 Å². The summed E-state index contributed by atoms with van der Waals surface area (Å²) >= 11 is 0. The maximum absolute atomic E-state index is 12.0. The highest BCUT2D eigenvalue weighted by molar-refractivity contribution is 5.85. The molecule has 1 aromatic rings. The molecule has 5 heteroatoms. The highest BCUT2D eigenvalue weighted by Gasteiger charge is 2.35. The molecule has 1 fully saturated rings. The third-order valence-corrected chi connectivity index (χ3v) is 4.78. The molecule has 0 spiro atoms. The summed E-state index contributed by atoms with van der Waals surface area (Å²) in [6, 6.07) is 8.44. The smallest absolute Gasteiger partial charge is 0.239 e. The summed E-state index contributed by atoms with van der Waals surface area (Å²) in [5.74, 6) is -0.475. The van der Waals surface area contributed by atoms with E-state index < -0.39 is 0 Å². The minimum Gasteiger partial charge on any atom is -0.354 e. The number of carbonyl (C=O) groups is 2. The number of carbonyl (C=O) groups excluding carboxylic acids is 2. The van der Waals surface area contributed by atoms with E-state index in [1.165, 1.54) is 30.4 Å². The summed E-state index contributed by atoms with van der Waals surface area (Å²) in [7, 11) is 0. The van der Waals surface area contributed by atoms with Gasteiger partial charge in [0.1, 0.15) is 0 Å². The van der Waals surface area contributed by atoms with Gasteiger partial charge in [-0.25, -0.2) is 0 Å². The van der Waals surface area contributed by atoms with Crippen molar-refractivity contribution in [2.75, 3.05) is 19.6 Å². The van der Waals surface area contributed by atoms with E-state index in [1.54, 1.807) is 0 Å². The van der Waals surface area contributed by atoms with Gasteiger partial charge in [-0.2, -0.15) is 0 Å². The van der Waals surface area contributed by atoms with E-state index in [-0.39, 0.29) is 30.3 Å². The van der Waals surface area contributed by atoms with Gasteiger partial charge in [0.05, 0.1) is 13.1 Å². The summed E-state index contributed by atoms with van der Waals surface area (Å²) in [5, 5.41) is 5.51. The Kier molecular flexibility index (Phi) is 6.16. The van der Waals surface area contributed by atoms with Gasteiger partial charge in [-0.15, -0.1) is 0 Å². The van der Waals surface area contributed by atoms with Crippen molar-refractivity contribution in [3.05, 3.63) is 35.4 Å². The first-order valence-corrected chi connectivity index (χ1v) is 8.37. The van der Waals surface area contributed by atoms with Gasteiger partial charge < -0.3 is 16.4 Å². The van der Waals surface area contributed by atoms with Crippen LogP contribution in [0.4, 0.5) is 0 Å². The molecule has 4 N–H and O–H groups in total. The number of hydrogen-bond acceptors (Lipinski definition) is 3. The van der Waals surface area contributed by atoms with Crippen molar-refractivity contribution >= 4 is 11.8 Å². The molecule has 0 bridgehead atoms. The van der Waals surface area contributed by atoms with Crippen molar-refractivity contribution in [1.82, 2.24) is 10.6 Å². The molecule has 2 amide bonds. The average Bonchev–Trinajstić information content (AvgIpc) is 2.59. The molecule has 0 aromatic heterocycles. The topological polar surface area (TPSA) is 84.2 Å². The van der Waals surface area contributed by atoms with Gasteiger partial charge in [-0.1, -0.05) is 43.5 Å². The van der Waals surface area contributed by atoms with Crippen molar-refractivity contribution in [3.63, 3.8) is 0 Å². The Morgan fingerprint density at radius 3 is 2.43 bits per heavy atom. The second-order valence-electron chi connectivity index (χ2n) is 6.41. The van der Waals surface area contributed by atoms with E-state index in [9.17, 15) is 9.59 Å². The van der Waals surface area contributed by atoms with Crippen LogP contribution in [0.1, 0.15) is 43.2 Å². The van der Waals surface area contributed by atoms with Gasteiger partial charge in [0, 0.05) is 12.0 Å². The van der Waals surface area contributed by atoms with Gasteiger partial charge in [0.2, 0.25) is 11.8 Å². The Morgan fingerprint density at radius 2 is 1.78 bits per heavy atom. The molecule has 126 valence electrons. The van der Waals surface area contributed by atoms with Gasteiger partial charge in [-0.3, -0.25) is 9.59 Å². The molecule has 0 unspecified atom stereocenters. The first-order valence-electron chi connectivity index (χ1n) is 8.37. The Labute approximate surface area is 138 Å². The number of nitrogens with one attached hydrogen (secondary N) is 2. The van der Waals surface area contributed by atoms with Crippen molar-refractivity contribution < 1.29 is 9.59 Å². The molecule has 1 aliphatic carbocycles. The van der Waals surface area contributed by atoms with Gasteiger partial charge in [0.15, 0.2) is 0 Å². The van der Waals surface area contributed by atoms with Crippen LogP contribution >= 0.6 is 0 Å². The first-order chi connectivity index (χ1) is 11.1. The maximum atomic E-state index is 12.0. The summed E-state index contributed by atoms with van der Waals surface area (Å²) in [4.78, 5) is 23.1. The maximum Gasteiger partial charge on any atom is 0.239 e. The standard InChI is InChI=1S/C18H27N3O2/c1-14-7-3-4-8-15(14)18(9-5-2-6-10-18)13-21-17(23)12-20-16(22)11-19/h3-4,7-8H,2,5-6,9-13,19H2,1H3,(H,20,22)(H,21,23). The fourth-order valence-electron chi connectivity index (χ4n) is 3.52. The molecule has 0 radical (unpaired) electrons. The summed E-state index contributed by atoms with van der Waals surface area (Å²) in [6.45, 7) is 2.64. The fourth-order valence-corrected chi connectivity index (χ4v) is 3.52. The van der Waals surface area contributed by atoms with Gasteiger partial charge in [0.25, 0.3) is 0 Å². The number of benzene rings is 1. The zero-order chi connectivity index (χ0) is 16.7. The van der Waals surface area contributed by atoms with Crippen molar-refractivity contribution in [1.29, 1.82) is 0 Å². The lowest BCUT2D eigenvalue weighted by Crippen LogP contribution is -2.46. The van der Waals surface area contributed by atoms with Crippen molar-refractivity contribution in [2.24, 2.45) is 5.73 Å². The van der Waals surface area contributed by atoms with Crippen LogP contribution in [0.5, 0.6) is 0 Å². The average molecular weight is 317 g/mol. The monoisotopic (exact) mass is 317 g/mol. The minimum absolute atomic E-state index is 0.0110. The lowest BCUT2D eigenvalue weighted by atomic mass is 9.68. The van der Waals surface area contributed by atoms with Gasteiger partial charge >= 0.3 is 0 Å². The largest absolute Gasteiger partial charge is 0.354 e. The first kappa shape index (κ1) is 17.5. The van der Waals surface area contributed by atoms with Crippen LogP contribution in [-0.2, 0) is 15.0 Å². The number of rotatable bonds is 6. The molecule has 23 heavy (non-hydrogen) atoms. The highest BCUT2D eigenvalue weighted by atomic mass is 16.2. The van der Waals surface area contributed by atoms with Crippen LogP contribution in [0.3, 0.4) is 0 Å². The van der Waals surface area contributed by atoms with E-state index >= 15 is 0 Å². The molecule has 0 atom stereocenters. The Morgan fingerprint density at radius 1 is 1.09 bits per heavy atom. The zero-order valence-electron chi connectivity index (χ0n) is 13.9. The van der Waals surface area contributed by atoms with E-state index in [2.05, 4.69) is 41.8 Å². The lowest BCUT2D eigenvalue weighted by molar-refractivity contribution is -0.125. The predicted octanol–water partition coefficient (Wildman–Crippen LogP) is 1.39. The van der Waals surface area contributed by atoms with E-state index in [0.717, 1.165) is 12.8 Å². The molecule has 0 saturated heterocycles. The van der Waals surface area contributed by atoms with E-state index in [4.69, 9.17) is 5.73 Å². The summed E-state index contributed by atoms with van der Waals surface area (Å²) < 4.78 is 0. The number of aryl methyl sites for hydroxylation is 1. The predicted molar refractivity (Wildman–Crippen MR) is 91.0 cm³/mol. The molecule has 0 aliphatic heterocycles. The quantitative estimate of drug-likeness (QED) is 0.741. The summed E-state index contributed by atoms with van der Waals surface area (Å²) in [6.07, 6.45) is 5.82. The SMILES string of the molecule is Cc1ccccc1C1(CNC(=O)CNC(=O)CN)CCCCC1. The molecule has 0 heterocycles. The highest BCUT2D eigenvalue weighted by Crippen LogP contribution is 2.40. The molecule has 1 aromatic carbocycles. The van der Waals surface area contributed by atoms with Crippen LogP contribution < -0.4 is 16.4 Å². The number of nitrogens with two attached hydrogens (primary N) is 1. The number of amides is 2. The Balaban J connectivity index is 2.04. The van der Waals surface area contributed by atoms with Crippen molar-refractivity contribution in [2.45, 2.75) is 44.4 Å². The third-order valence-electron chi connectivity index (χ3n) is 4.78. The molecular formula is C18H27N3O2. The molecular weight excluding hydrogens is 290 g/mol. The fraction of sp³-hybridized carbons (Fsp3) is 0.556. The number of hydrogen-bond donors (Lipinski definition) is 3. The normalized spacial score (nSPS) is 16.6. The van der Waals surface area contributed by atoms with Crippen LogP contribution in [0.2, 0.25) is 0 Å². The summed E-state index contributed by atoms with van der Waals surface area (Å²) in [5.41, 5.74) is 7.85. The Bertz CT molecular complexity index is 551. The Hall–Kier alpha value is -1.88. The second-order valence-corrected chi connectivity index (χ2v) is 6.41. The van der Waals surface area contributed by atoms with E-state index in [1.807, 2.05) is 0 Å². The molecule has 2 rings (SSSR count). The molecule has 5 nitrogen and oxygen atoms in total. The third kappa shape index (κ3) is 4.55. The molecule has 1 saturated carbocycles. The second kappa shape index (κ2) is 8.11. The van der Waals surface area contributed by atoms with Crippen LogP contribution in [0.25, 0.3) is 0 Å². The minimum atomic E-state index is -0.313. The van der Waals surface area contributed by atoms with Crippen LogP contribution in [0, 0.1) is 6.92 Å².